The minimum atomic E-state index is -3.24. The number of benzene rings is 2. The van der Waals surface area contributed by atoms with Gasteiger partial charge in [0.15, 0.2) is 15.6 Å². The van der Waals surface area contributed by atoms with E-state index in [9.17, 15) is 18.0 Å². The molecule has 0 spiro atoms. The van der Waals surface area contributed by atoms with E-state index in [1.165, 1.54) is 19.1 Å². The van der Waals surface area contributed by atoms with Gasteiger partial charge in [0.05, 0.1) is 11.3 Å². The molecule has 5 nitrogen and oxygen atoms in total. The summed E-state index contributed by atoms with van der Waals surface area (Å²) >= 11 is 0. The molecule has 0 aliphatic heterocycles. The van der Waals surface area contributed by atoms with E-state index in [2.05, 4.69) is 5.32 Å². The average Bonchev–Trinajstić information content (AvgIpc) is 2.47. The summed E-state index contributed by atoms with van der Waals surface area (Å²) in [6.45, 7) is 1.46. The van der Waals surface area contributed by atoms with Crippen LogP contribution >= 0.6 is 0 Å². The number of hydrogen-bond donors (Lipinski definition) is 1. The molecule has 1 N–H and O–H groups in total. The van der Waals surface area contributed by atoms with E-state index in [4.69, 9.17) is 0 Å². The maximum atomic E-state index is 12.0. The first-order chi connectivity index (χ1) is 10.8. The fraction of sp³-hybridized carbons (Fsp3) is 0.176. The molecule has 0 fully saturated rings. The van der Waals surface area contributed by atoms with Gasteiger partial charge in [-0.1, -0.05) is 24.3 Å². The summed E-state index contributed by atoms with van der Waals surface area (Å²) in [4.78, 5) is 23.6. The van der Waals surface area contributed by atoms with Crippen LogP contribution in [0.25, 0.3) is 0 Å². The van der Waals surface area contributed by atoms with Gasteiger partial charge in [0.1, 0.15) is 0 Å². The van der Waals surface area contributed by atoms with Crippen molar-refractivity contribution in [3.63, 3.8) is 0 Å². The van der Waals surface area contributed by atoms with Crippen molar-refractivity contribution in [2.45, 2.75) is 18.2 Å². The summed E-state index contributed by atoms with van der Waals surface area (Å²) in [5.74, 6) is -0.310. The largest absolute Gasteiger partial charge is 0.326 e. The number of rotatable bonds is 5. The normalized spacial score (nSPS) is 11.0. The minimum Gasteiger partial charge on any atom is -0.326 e. The molecule has 120 valence electrons. The van der Waals surface area contributed by atoms with Crippen LogP contribution in [0.4, 0.5) is 5.69 Å². The lowest BCUT2D eigenvalue weighted by Crippen LogP contribution is -2.14. The van der Waals surface area contributed by atoms with E-state index < -0.39 is 9.84 Å². The van der Waals surface area contributed by atoms with Crippen LogP contribution in [0.15, 0.2) is 53.4 Å². The standard InChI is InChI=1S/C17H17NO4S/c1-12(19)14-4-3-5-15(11-14)18-17(20)10-13-6-8-16(9-7-13)23(2,21)22/h3-9,11H,10H2,1-2H3,(H,18,20). The third kappa shape index (κ3) is 4.75. The number of amides is 1. The number of sulfone groups is 1. The van der Waals surface area contributed by atoms with E-state index in [1.54, 1.807) is 36.4 Å². The Kier molecular flexibility index (Phi) is 4.95. The van der Waals surface area contributed by atoms with Gasteiger partial charge in [0.2, 0.25) is 5.91 Å². The third-order valence-corrected chi connectivity index (χ3v) is 4.40. The number of anilines is 1. The number of ketones is 1. The van der Waals surface area contributed by atoms with E-state index in [0.29, 0.717) is 16.8 Å². The van der Waals surface area contributed by atoms with Gasteiger partial charge in [-0.25, -0.2) is 8.42 Å². The highest BCUT2D eigenvalue weighted by atomic mass is 32.2. The highest BCUT2D eigenvalue weighted by Crippen LogP contribution is 2.13. The van der Waals surface area contributed by atoms with E-state index >= 15 is 0 Å². The number of nitrogens with one attached hydrogen (secondary N) is 1. The average molecular weight is 331 g/mol. The van der Waals surface area contributed by atoms with Gasteiger partial charge in [-0.3, -0.25) is 9.59 Å². The van der Waals surface area contributed by atoms with Crippen molar-refractivity contribution in [1.82, 2.24) is 0 Å². The van der Waals surface area contributed by atoms with Crippen LogP contribution in [-0.2, 0) is 21.1 Å². The molecule has 0 unspecified atom stereocenters. The van der Waals surface area contributed by atoms with Crippen molar-refractivity contribution in [3.05, 3.63) is 59.7 Å². The highest BCUT2D eigenvalue weighted by molar-refractivity contribution is 7.90. The van der Waals surface area contributed by atoms with E-state index in [-0.39, 0.29) is 23.0 Å². The van der Waals surface area contributed by atoms with Crippen LogP contribution in [0.1, 0.15) is 22.8 Å². The lowest BCUT2D eigenvalue weighted by molar-refractivity contribution is -0.115. The third-order valence-electron chi connectivity index (χ3n) is 3.27. The molecule has 1 amide bonds. The Hall–Kier alpha value is -2.47. The van der Waals surface area contributed by atoms with Gasteiger partial charge in [-0.15, -0.1) is 0 Å². The Morgan fingerprint density at radius 2 is 1.70 bits per heavy atom. The maximum Gasteiger partial charge on any atom is 0.228 e. The molecule has 0 saturated carbocycles. The van der Waals surface area contributed by atoms with Gasteiger partial charge < -0.3 is 5.32 Å². The highest BCUT2D eigenvalue weighted by Gasteiger charge is 2.09. The van der Waals surface area contributed by atoms with Crippen molar-refractivity contribution >= 4 is 27.2 Å². The molecule has 0 bridgehead atoms. The Bertz CT molecular complexity index is 839. The molecule has 0 aromatic heterocycles. The Labute approximate surface area is 135 Å². The summed E-state index contributed by atoms with van der Waals surface area (Å²) in [5.41, 5.74) is 1.79. The fourth-order valence-electron chi connectivity index (χ4n) is 2.06. The Morgan fingerprint density at radius 3 is 2.26 bits per heavy atom. The molecule has 6 heteroatoms. The number of hydrogen-bond acceptors (Lipinski definition) is 4. The molecule has 23 heavy (non-hydrogen) atoms. The minimum absolute atomic E-state index is 0.0718. The number of Topliss-reactive ketones (excluding diaryl/α,β-unsaturated/α-hetero) is 1. The first-order valence-electron chi connectivity index (χ1n) is 6.95. The van der Waals surface area contributed by atoms with E-state index in [0.717, 1.165) is 6.26 Å². The monoisotopic (exact) mass is 331 g/mol. The van der Waals surface area contributed by atoms with E-state index in [1.807, 2.05) is 0 Å². The zero-order valence-corrected chi connectivity index (χ0v) is 13.7. The number of carbonyl (C=O) groups is 2. The lowest BCUT2D eigenvalue weighted by Gasteiger charge is -2.07. The second-order valence-electron chi connectivity index (χ2n) is 5.28. The molecular weight excluding hydrogens is 314 g/mol. The van der Waals surface area contributed by atoms with Crippen molar-refractivity contribution in [1.29, 1.82) is 0 Å². The SMILES string of the molecule is CC(=O)c1cccc(NC(=O)Cc2ccc(S(C)(=O)=O)cc2)c1. The first kappa shape index (κ1) is 16.9. The first-order valence-corrected chi connectivity index (χ1v) is 8.85. The lowest BCUT2D eigenvalue weighted by atomic mass is 10.1. The summed E-state index contributed by atoms with van der Waals surface area (Å²) in [7, 11) is -3.24. The van der Waals surface area contributed by atoms with Crippen LogP contribution in [-0.4, -0.2) is 26.4 Å². The Balaban J connectivity index is 2.05. The van der Waals surface area contributed by atoms with Crippen molar-refractivity contribution in [2.75, 3.05) is 11.6 Å². The molecular formula is C17H17NO4S. The van der Waals surface area contributed by atoms with Gasteiger partial charge in [0, 0.05) is 17.5 Å². The van der Waals surface area contributed by atoms with Crippen LogP contribution in [0, 0.1) is 0 Å². The van der Waals surface area contributed by atoms with Crippen LogP contribution in [0.2, 0.25) is 0 Å². The van der Waals surface area contributed by atoms with Crippen molar-refractivity contribution < 1.29 is 18.0 Å². The molecule has 2 rings (SSSR count). The fourth-order valence-corrected chi connectivity index (χ4v) is 2.69. The molecule has 0 aliphatic carbocycles. The van der Waals surface area contributed by atoms with Crippen molar-refractivity contribution in [2.24, 2.45) is 0 Å². The molecule has 2 aromatic rings. The predicted molar refractivity (Wildman–Crippen MR) is 88.3 cm³/mol. The second-order valence-corrected chi connectivity index (χ2v) is 7.29. The molecule has 2 aromatic carbocycles. The Morgan fingerprint density at radius 1 is 1.04 bits per heavy atom. The smallest absolute Gasteiger partial charge is 0.228 e. The van der Waals surface area contributed by atoms with Gasteiger partial charge in [0.25, 0.3) is 0 Å². The molecule has 0 radical (unpaired) electrons. The molecule has 0 atom stereocenters. The molecule has 0 aliphatic rings. The van der Waals surface area contributed by atoms with Crippen LogP contribution in [0.3, 0.4) is 0 Å². The van der Waals surface area contributed by atoms with Gasteiger partial charge >= 0.3 is 0 Å². The maximum absolute atomic E-state index is 12.0. The second kappa shape index (κ2) is 6.75. The zero-order chi connectivity index (χ0) is 17.0. The summed E-state index contributed by atoms with van der Waals surface area (Å²) in [5, 5.41) is 2.72. The summed E-state index contributed by atoms with van der Waals surface area (Å²) in [6, 6.07) is 12.9. The molecule has 0 heterocycles. The zero-order valence-electron chi connectivity index (χ0n) is 12.9. The molecule has 0 saturated heterocycles. The van der Waals surface area contributed by atoms with Gasteiger partial charge in [-0.05, 0) is 36.8 Å². The van der Waals surface area contributed by atoms with Gasteiger partial charge in [-0.2, -0.15) is 0 Å². The number of carbonyl (C=O) groups excluding carboxylic acids is 2. The summed E-state index contributed by atoms with van der Waals surface area (Å²) < 4.78 is 22.8. The quantitative estimate of drug-likeness (QED) is 0.854. The van der Waals surface area contributed by atoms with Crippen LogP contribution < -0.4 is 5.32 Å². The van der Waals surface area contributed by atoms with Crippen LogP contribution in [0.5, 0.6) is 0 Å². The van der Waals surface area contributed by atoms with Crippen molar-refractivity contribution in [3.8, 4) is 0 Å². The summed E-state index contributed by atoms with van der Waals surface area (Å²) in [6.07, 6.45) is 1.26. The predicted octanol–water partition coefficient (Wildman–Crippen LogP) is 2.47. The topological polar surface area (TPSA) is 80.3 Å².